The second kappa shape index (κ2) is 12.0. The molecule has 0 aliphatic rings. The molecule has 0 aromatic rings. The van der Waals surface area contributed by atoms with E-state index in [-0.39, 0.29) is 0 Å². The van der Waals surface area contributed by atoms with Crippen LogP contribution >= 0.6 is 0 Å². The summed E-state index contributed by atoms with van der Waals surface area (Å²) in [6.45, 7) is 16.3. The van der Waals surface area contributed by atoms with E-state index in [9.17, 15) is 0 Å². The van der Waals surface area contributed by atoms with E-state index < -0.39 is 9.05 Å². The van der Waals surface area contributed by atoms with Crippen molar-refractivity contribution >= 4 is 19.5 Å². The summed E-state index contributed by atoms with van der Waals surface area (Å²) in [5, 5.41) is 0. The average molecular weight is 312 g/mol. The van der Waals surface area contributed by atoms with Gasteiger partial charge in [-0.1, -0.05) is 0 Å². The van der Waals surface area contributed by atoms with Crippen molar-refractivity contribution in [3.8, 4) is 0 Å². The minimum Gasteiger partial charge on any atom is -0.351 e. The monoisotopic (exact) mass is 311 g/mol. The van der Waals surface area contributed by atoms with Gasteiger partial charge in [0.15, 0.2) is 0 Å². The van der Waals surface area contributed by atoms with Crippen LogP contribution in [0.5, 0.6) is 0 Å². The summed E-state index contributed by atoms with van der Waals surface area (Å²) in [6, 6.07) is 0. The third kappa shape index (κ3) is 13.0. The number of rotatable bonds is 8. The summed E-state index contributed by atoms with van der Waals surface area (Å²) in [7, 11) is -1.70. The molecule has 1 N–H and O–H groups in total. The summed E-state index contributed by atoms with van der Waals surface area (Å²) in [5.41, 5.74) is 0.353. The van der Waals surface area contributed by atoms with E-state index in [0.29, 0.717) is 32.0 Å². The molecule has 0 saturated carbocycles. The maximum absolute atomic E-state index is 5.42. The molecule has 0 heterocycles. The predicted molar refractivity (Wildman–Crippen MR) is 85.1 cm³/mol. The quantitative estimate of drug-likeness (QED) is 0.683. The molecule has 0 aromatic carbocycles. The lowest BCUT2D eigenvalue weighted by atomic mass is 10.1. The minimum atomic E-state index is -2.80. The Morgan fingerprint density at radius 1 is 0.789 bits per heavy atom. The molecule has 0 saturated heterocycles. The third-order valence-electron chi connectivity index (χ3n) is 2.03. The third-order valence-corrected chi connectivity index (χ3v) is 6.10. The highest BCUT2D eigenvalue weighted by molar-refractivity contribution is 6.53. The van der Waals surface area contributed by atoms with Crippen molar-refractivity contribution in [1.82, 2.24) is 4.98 Å². The first-order chi connectivity index (χ1) is 8.80. The van der Waals surface area contributed by atoms with Gasteiger partial charge in [0.05, 0.1) is 10.4 Å². The van der Waals surface area contributed by atoms with E-state index in [4.69, 9.17) is 17.7 Å². The lowest BCUT2D eigenvalue weighted by molar-refractivity contribution is -0.0247. The Kier molecular flexibility index (Phi) is 13.6. The van der Waals surface area contributed by atoms with E-state index >= 15 is 0 Å². The molecule has 0 fully saturated rings. The average Bonchev–Trinajstić information content (AvgIpc) is 2.30. The molecule has 0 unspecified atom stereocenters. The topological polar surface area (TPSA) is 49.0 Å². The summed E-state index contributed by atoms with van der Waals surface area (Å²) in [5.74, 6) is 0. The van der Waals surface area contributed by atoms with Crippen LogP contribution in [0, 0.1) is 0 Å². The van der Waals surface area contributed by atoms with Gasteiger partial charge in [-0.25, -0.2) is 0 Å². The number of hydrogen-bond donors (Lipinski definition) is 1. The fourth-order valence-electron chi connectivity index (χ4n) is 0.957. The van der Waals surface area contributed by atoms with Crippen molar-refractivity contribution in [1.29, 1.82) is 0 Å². The maximum atomic E-state index is 5.42. The summed E-state index contributed by atoms with van der Waals surface area (Å²) in [4.78, 5) is 3.24. The van der Waals surface area contributed by atoms with Gasteiger partial charge in [-0.15, -0.1) is 0 Å². The Bertz CT molecular complexity index is 171. The summed E-state index contributed by atoms with van der Waals surface area (Å²) >= 11 is 0. The highest BCUT2D eigenvalue weighted by atomic mass is 28.4. The zero-order chi connectivity index (χ0) is 15.4. The number of hydrogen-bond acceptors (Lipinski definition) is 5. The minimum absolute atomic E-state index is 0.353. The zero-order valence-electron chi connectivity index (χ0n) is 14.0. The zero-order valence-corrected chi connectivity index (χ0v) is 17.0. The fraction of sp³-hybridized carbons (Fsp3) is 1.00. The van der Waals surface area contributed by atoms with E-state index in [1.807, 2.05) is 27.7 Å². The van der Waals surface area contributed by atoms with Crippen LogP contribution in [0.15, 0.2) is 0 Å². The van der Waals surface area contributed by atoms with Gasteiger partial charge in [-0.3, -0.25) is 0 Å². The van der Waals surface area contributed by atoms with Crippen molar-refractivity contribution in [2.45, 2.75) is 54.0 Å². The van der Waals surface area contributed by atoms with Crippen LogP contribution in [-0.2, 0) is 17.7 Å². The second-order valence-corrected chi connectivity index (χ2v) is 7.39. The van der Waals surface area contributed by atoms with Crippen molar-refractivity contribution in [3.05, 3.63) is 0 Å². The van der Waals surface area contributed by atoms with Gasteiger partial charge in [0.25, 0.3) is 0 Å². The van der Waals surface area contributed by atoms with Crippen LogP contribution in [0.2, 0.25) is 0 Å². The van der Waals surface area contributed by atoms with Gasteiger partial charge in [0.2, 0.25) is 0 Å². The van der Waals surface area contributed by atoms with Gasteiger partial charge in [0, 0.05) is 32.0 Å². The van der Waals surface area contributed by atoms with Crippen molar-refractivity contribution < 1.29 is 17.7 Å². The van der Waals surface area contributed by atoms with Crippen LogP contribution in [0.3, 0.4) is 0 Å². The van der Waals surface area contributed by atoms with Gasteiger partial charge in [0.1, 0.15) is 0 Å². The van der Waals surface area contributed by atoms with Crippen molar-refractivity contribution in [2.24, 2.45) is 0 Å². The molecular weight excluding hydrogens is 278 g/mol. The van der Waals surface area contributed by atoms with Crippen LogP contribution in [0.1, 0.15) is 48.5 Å². The Hall–Kier alpha value is 0.234. The van der Waals surface area contributed by atoms with Crippen LogP contribution < -0.4 is 4.98 Å². The Balaban J connectivity index is 0. The van der Waals surface area contributed by atoms with E-state index in [1.165, 1.54) is 0 Å². The molecular formula is C12H33NO4Si2. The molecule has 7 heteroatoms. The highest BCUT2D eigenvalue weighted by Crippen LogP contribution is 2.11. The molecule has 118 valence electrons. The van der Waals surface area contributed by atoms with Gasteiger partial charge in [-0.2, -0.15) is 0 Å². The maximum Gasteiger partial charge on any atom is 0.679 e. The molecule has 0 aliphatic heterocycles. The first kappa shape index (κ1) is 21.5. The first-order valence-electron chi connectivity index (χ1n) is 7.05. The Morgan fingerprint density at radius 2 is 1.00 bits per heavy atom. The molecule has 0 bridgehead atoms. The SMILES string of the molecule is CC(C)(C)N[SiH3].CCO[Si](OCC)(OCC)OCC. The highest BCUT2D eigenvalue weighted by Gasteiger charge is 2.44. The van der Waals surface area contributed by atoms with E-state index in [0.717, 1.165) is 10.4 Å². The van der Waals surface area contributed by atoms with Gasteiger partial charge < -0.3 is 22.7 Å². The Morgan fingerprint density at radius 3 is 1.11 bits per heavy atom. The Labute approximate surface area is 123 Å². The number of nitrogens with one attached hydrogen (secondary N) is 1. The van der Waals surface area contributed by atoms with Crippen LogP contribution in [-0.4, -0.2) is 51.4 Å². The molecule has 0 amide bonds. The van der Waals surface area contributed by atoms with E-state index in [2.05, 4.69) is 25.8 Å². The molecule has 0 rings (SSSR count). The molecule has 5 nitrogen and oxygen atoms in total. The van der Waals surface area contributed by atoms with Gasteiger partial charge in [-0.05, 0) is 48.5 Å². The smallest absolute Gasteiger partial charge is 0.351 e. The predicted octanol–water partition coefficient (Wildman–Crippen LogP) is 1.22. The molecule has 19 heavy (non-hydrogen) atoms. The molecule has 0 aromatic heterocycles. The summed E-state index contributed by atoms with van der Waals surface area (Å²) < 4.78 is 21.7. The van der Waals surface area contributed by atoms with E-state index in [1.54, 1.807) is 0 Å². The normalized spacial score (nSPS) is 12.2. The van der Waals surface area contributed by atoms with Crippen molar-refractivity contribution in [2.75, 3.05) is 26.4 Å². The van der Waals surface area contributed by atoms with Crippen molar-refractivity contribution in [3.63, 3.8) is 0 Å². The largest absolute Gasteiger partial charge is 0.679 e. The molecule has 0 atom stereocenters. The first-order valence-corrected chi connectivity index (χ1v) is 9.68. The molecule has 0 spiro atoms. The second-order valence-electron chi connectivity index (χ2n) is 4.73. The standard InChI is InChI=1S/C8H20O4Si.C4H13NSi/c1-5-9-13(10-6-2,11-7-3)12-8-4;1-4(2,3)5-6/h5-8H2,1-4H3;5H,1-3,6H3. The lowest BCUT2D eigenvalue weighted by Crippen LogP contribution is -2.49. The van der Waals surface area contributed by atoms with Crippen LogP contribution in [0.25, 0.3) is 0 Å². The summed E-state index contributed by atoms with van der Waals surface area (Å²) in [6.07, 6.45) is 0. The lowest BCUT2D eigenvalue weighted by Gasteiger charge is -2.26. The van der Waals surface area contributed by atoms with Crippen LogP contribution in [0.4, 0.5) is 0 Å². The van der Waals surface area contributed by atoms with Gasteiger partial charge >= 0.3 is 9.05 Å². The fourth-order valence-corrected chi connectivity index (χ4v) is 2.87. The molecule has 0 aliphatic carbocycles. The molecule has 0 radical (unpaired) electrons.